The van der Waals surface area contributed by atoms with Crippen molar-refractivity contribution in [2.75, 3.05) is 6.61 Å². The first kappa shape index (κ1) is 24.4. The Morgan fingerprint density at radius 1 is 0.806 bits per heavy atom. The number of alkyl halides is 3. The highest BCUT2D eigenvalue weighted by molar-refractivity contribution is 5.93. The number of benzene rings is 2. The molecule has 0 saturated heterocycles. The maximum Gasteiger partial charge on any atom is 0.429 e. The number of carbonyl (C=O) groups excluding carboxylic acids is 2. The normalized spacial score (nSPS) is 12.3. The van der Waals surface area contributed by atoms with Crippen molar-refractivity contribution in [1.29, 1.82) is 0 Å². The fourth-order valence-electron chi connectivity index (χ4n) is 3.00. The smallest absolute Gasteiger partial charge is 0.429 e. The number of ether oxygens (including phenoxy) is 2. The molecule has 31 heavy (non-hydrogen) atoms. The summed E-state index contributed by atoms with van der Waals surface area (Å²) < 4.78 is 50.0. The zero-order valence-corrected chi connectivity index (χ0v) is 17.5. The van der Waals surface area contributed by atoms with Gasteiger partial charge in [-0.05, 0) is 30.7 Å². The summed E-state index contributed by atoms with van der Waals surface area (Å²) in [5, 5.41) is 0. The van der Waals surface area contributed by atoms with E-state index in [2.05, 4.69) is 6.92 Å². The maximum absolute atomic E-state index is 13.3. The average Bonchev–Trinajstić information content (AvgIpc) is 2.76. The van der Waals surface area contributed by atoms with E-state index in [1.807, 2.05) is 0 Å². The van der Waals surface area contributed by atoms with Crippen molar-refractivity contribution >= 4 is 11.9 Å². The first-order valence-corrected chi connectivity index (χ1v) is 10.4. The van der Waals surface area contributed by atoms with Gasteiger partial charge in [-0.25, -0.2) is 9.59 Å². The third-order valence-corrected chi connectivity index (χ3v) is 4.71. The monoisotopic (exact) mass is 436 g/mol. The highest BCUT2D eigenvalue weighted by Gasteiger charge is 2.44. The summed E-state index contributed by atoms with van der Waals surface area (Å²) in [6.07, 6.45) is -0.727. The summed E-state index contributed by atoms with van der Waals surface area (Å²) in [5.41, 5.74) is -0.0335. The molecule has 1 atom stereocenters. The summed E-state index contributed by atoms with van der Waals surface area (Å²) in [6, 6.07) is 12.1. The Kier molecular flexibility index (Phi) is 9.56. The first-order valence-electron chi connectivity index (χ1n) is 10.4. The Balaban J connectivity index is 1.90. The summed E-state index contributed by atoms with van der Waals surface area (Å²) in [6.45, 7) is 2.45. The van der Waals surface area contributed by atoms with E-state index < -0.39 is 24.2 Å². The van der Waals surface area contributed by atoms with Gasteiger partial charge in [-0.3, -0.25) is 0 Å². The van der Waals surface area contributed by atoms with E-state index in [-0.39, 0.29) is 16.7 Å². The molecule has 2 aromatic rings. The number of hydrogen-bond acceptors (Lipinski definition) is 4. The lowest BCUT2D eigenvalue weighted by atomic mass is 10.1. The number of esters is 2. The van der Waals surface area contributed by atoms with Gasteiger partial charge >= 0.3 is 18.1 Å². The SMILES string of the molecule is CCCCCCCCOC(=O)c1ccc(C(=O)OC(c2ccccc2)C(F)(F)F)cc1. The molecular formula is C24H27F3O4. The van der Waals surface area contributed by atoms with Gasteiger partial charge in [-0.15, -0.1) is 0 Å². The largest absolute Gasteiger partial charge is 0.462 e. The number of halogens is 3. The second-order valence-corrected chi connectivity index (χ2v) is 7.22. The van der Waals surface area contributed by atoms with Gasteiger partial charge in [0.15, 0.2) is 0 Å². The Labute approximate surface area is 180 Å². The van der Waals surface area contributed by atoms with Crippen LogP contribution in [-0.2, 0) is 9.47 Å². The molecule has 0 aliphatic heterocycles. The van der Waals surface area contributed by atoms with Gasteiger partial charge in [0.05, 0.1) is 17.7 Å². The van der Waals surface area contributed by atoms with Crippen molar-refractivity contribution in [3.8, 4) is 0 Å². The number of unbranched alkanes of at least 4 members (excludes halogenated alkanes) is 5. The van der Waals surface area contributed by atoms with Crippen LogP contribution >= 0.6 is 0 Å². The van der Waals surface area contributed by atoms with E-state index in [1.165, 1.54) is 67.8 Å². The van der Waals surface area contributed by atoms with Gasteiger partial charge in [0, 0.05) is 5.56 Å². The molecule has 0 fully saturated rings. The molecule has 1 unspecified atom stereocenters. The molecule has 0 aromatic heterocycles. The molecule has 0 aliphatic carbocycles. The predicted molar refractivity (Wildman–Crippen MR) is 111 cm³/mol. The van der Waals surface area contributed by atoms with Crippen LogP contribution in [0.15, 0.2) is 54.6 Å². The van der Waals surface area contributed by atoms with E-state index in [0.717, 1.165) is 19.3 Å². The van der Waals surface area contributed by atoms with Gasteiger partial charge < -0.3 is 9.47 Å². The second kappa shape index (κ2) is 12.1. The maximum atomic E-state index is 13.3. The second-order valence-electron chi connectivity index (χ2n) is 7.22. The van der Waals surface area contributed by atoms with Crippen LogP contribution in [0.4, 0.5) is 13.2 Å². The number of carbonyl (C=O) groups is 2. The van der Waals surface area contributed by atoms with Crippen LogP contribution in [-0.4, -0.2) is 24.7 Å². The molecule has 0 heterocycles. The highest BCUT2D eigenvalue weighted by Crippen LogP contribution is 2.36. The predicted octanol–water partition coefficient (Wildman–Crippen LogP) is 6.66. The van der Waals surface area contributed by atoms with Gasteiger partial charge in [0.25, 0.3) is 0 Å². The quantitative estimate of drug-likeness (QED) is 0.292. The van der Waals surface area contributed by atoms with Crippen LogP contribution in [0.3, 0.4) is 0 Å². The Hall–Kier alpha value is -2.83. The van der Waals surface area contributed by atoms with Crippen molar-refractivity contribution in [2.45, 2.75) is 57.7 Å². The molecule has 0 radical (unpaired) electrons. The molecule has 0 saturated carbocycles. The number of rotatable bonds is 11. The number of hydrogen-bond donors (Lipinski definition) is 0. The van der Waals surface area contributed by atoms with E-state index in [9.17, 15) is 22.8 Å². The zero-order valence-electron chi connectivity index (χ0n) is 17.5. The molecule has 0 N–H and O–H groups in total. The standard InChI is InChI=1S/C24H27F3O4/c1-2-3-4-5-6-10-17-30-22(28)19-13-15-20(16-14-19)23(29)31-21(24(25,26)27)18-11-8-7-9-12-18/h7-9,11-16,21H,2-6,10,17H2,1H3. The van der Waals surface area contributed by atoms with Crippen molar-refractivity contribution in [1.82, 2.24) is 0 Å². The van der Waals surface area contributed by atoms with Crippen LogP contribution in [0.5, 0.6) is 0 Å². The molecule has 0 amide bonds. The molecule has 4 nitrogen and oxygen atoms in total. The Morgan fingerprint density at radius 2 is 1.35 bits per heavy atom. The van der Waals surface area contributed by atoms with E-state index in [0.29, 0.717) is 6.61 Å². The fraction of sp³-hybridized carbons (Fsp3) is 0.417. The molecule has 0 bridgehead atoms. The molecule has 0 aliphatic rings. The lowest BCUT2D eigenvalue weighted by Gasteiger charge is -2.21. The van der Waals surface area contributed by atoms with Gasteiger partial charge in [-0.1, -0.05) is 69.4 Å². The highest BCUT2D eigenvalue weighted by atomic mass is 19.4. The summed E-state index contributed by atoms with van der Waals surface area (Å²) in [5.74, 6) is -1.66. The van der Waals surface area contributed by atoms with E-state index >= 15 is 0 Å². The Morgan fingerprint density at radius 3 is 1.94 bits per heavy atom. The van der Waals surface area contributed by atoms with Gasteiger partial charge in [-0.2, -0.15) is 13.2 Å². The molecule has 168 valence electrons. The lowest BCUT2D eigenvalue weighted by Crippen LogP contribution is -2.26. The van der Waals surface area contributed by atoms with Crippen molar-refractivity contribution in [3.63, 3.8) is 0 Å². The van der Waals surface area contributed by atoms with Crippen molar-refractivity contribution in [2.24, 2.45) is 0 Å². The molecular weight excluding hydrogens is 409 g/mol. The molecule has 0 spiro atoms. The molecule has 2 rings (SSSR count). The average molecular weight is 436 g/mol. The minimum absolute atomic E-state index is 0.0855. The van der Waals surface area contributed by atoms with Crippen molar-refractivity contribution < 1.29 is 32.2 Å². The topological polar surface area (TPSA) is 52.6 Å². The molecule has 7 heteroatoms. The summed E-state index contributed by atoms with van der Waals surface area (Å²) in [4.78, 5) is 24.3. The van der Waals surface area contributed by atoms with Crippen molar-refractivity contribution in [3.05, 3.63) is 71.3 Å². The minimum Gasteiger partial charge on any atom is -0.462 e. The fourth-order valence-corrected chi connectivity index (χ4v) is 3.00. The van der Waals surface area contributed by atoms with E-state index in [4.69, 9.17) is 9.47 Å². The van der Waals surface area contributed by atoms with E-state index in [1.54, 1.807) is 6.07 Å². The third kappa shape index (κ3) is 8.07. The van der Waals surface area contributed by atoms with Gasteiger partial charge in [0.1, 0.15) is 0 Å². The lowest BCUT2D eigenvalue weighted by molar-refractivity contribution is -0.207. The van der Waals surface area contributed by atoms with Crippen LogP contribution in [0.25, 0.3) is 0 Å². The van der Waals surface area contributed by atoms with Crippen LogP contribution in [0.1, 0.15) is 77.8 Å². The minimum atomic E-state index is -4.75. The molecule has 2 aromatic carbocycles. The van der Waals surface area contributed by atoms with Gasteiger partial charge in [0.2, 0.25) is 6.10 Å². The first-order chi connectivity index (χ1) is 14.8. The summed E-state index contributed by atoms with van der Waals surface area (Å²) >= 11 is 0. The van der Waals surface area contributed by atoms with Crippen LogP contribution in [0, 0.1) is 0 Å². The zero-order chi connectivity index (χ0) is 22.7. The Bertz CT molecular complexity index is 817. The van der Waals surface area contributed by atoms with Crippen LogP contribution in [0.2, 0.25) is 0 Å². The van der Waals surface area contributed by atoms with Crippen LogP contribution < -0.4 is 0 Å². The third-order valence-electron chi connectivity index (χ3n) is 4.71. The summed E-state index contributed by atoms with van der Waals surface area (Å²) in [7, 11) is 0.